The average molecular weight is 471 g/mol. The summed E-state index contributed by atoms with van der Waals surface area (Å²) in [6, 6.07) is 13.5. The molecular formula is C25H28Cl2N4O. The molecular weight excluding hydrogens is 443 g/mol. The van der Waals surface area contributed by atoms with Crippen LogP contribution in [0.4, 0.5) is 0 Å². The lowest BCUT2D eigenvalue weighted by Gasteiger charge is -2.24. The molecule has 2 heterocycles. The number of benzene rings is 2. The van der Waals surface area contributed by atoms with Gasteiger partial charge in [0.05, 0.1) is 16.4 Å². The second kappa shape index (κ2) is 10.1. The molecule has 1 aliphatic heterocycles. The summed E-state index contributed by atoms with van der Waals surface area (Å²) in [5, 5.41) is 7.78. The van der Waals surface area contributed by atoms with Crippen molar-refractivity contribution < 1.29 is 4.79 Å². The van der Waals surface area contributed by atoms with Gasteiger partial charge in [0.15, 0.2) is 5.69 Å². The maximum atomic E-state index is 13.3. The Kier molecular flexibility index (Phi) is 7.19. The van der Waals surface area contributed by atoms with Gasteiger partial charge in [-0.05, 0) is 44.9 Å². The highest BCUT2D eigenvalue weighted by Crippen LogP contribution is 2.32. The quantitative estimate of drug-likeness (QED) is 0.481. The zero-order chi connectivity index (χ0) is 22.7. The van der Waals surface area contributed by atoms with Crippen molar-refractivity contribution >= 4 is 29.1 Å². The Morgan fingerprint density at radius 1 is 0.938 bits per heavy atom. The SMILES string of the molecule is Cc1ccc(-c2c(C)c(C(=O)NN3CCCCCCC3)nn2-c2ccc(Cl)cc2Cl)cc1. The molecule has 32 heavy (non-hydrogen) atoms. The van der Waals surface area contributed by atoms with Crippen molar-refractivity contribution in [3.05, 3.63) is 69.3 Å². The summed E-state index contributed by atoms with van der Waals surface area (Å²) in [4.78, 5) is 13.3. The number of halogens is 2. The van der Waals surface area contributed by atoms with Crippen LogP contribution in [0.25, 0.3) is 16.9 Å². The van der Waals surface area contributed by atoms with E-state index in [0.717, 1.165) is 48.3 Å². The number of nitrogens with one attached hydrogen (secondary N) is 1. The first-order valence-electron chi connectivity index (χ1n) is 11.1. The minimum atomic E-state index is -0.194. The van der Waals surface area contributed by atoms with Crippen LogP contribution in [-0.2, 0) is 0 Å². The van der Waals surface area contributed by atoms with Gasteiger partial charge < -0.3 is 0 Å². The molecule has 0 unspecified atom stereocenters. The van der Waals surface area contributed by atoms with Crippen molar-refractivity contribution in [2.24, 2.45) is 0 Å². The highest BCUT2D eigenvalue weighted by molar-refractivity contribution is 6.35. The number of hydrogen-bond donors (Lipinski definition) is 1. The molecule has 1 saturated heterocycles. The second-order valence-corrected chi connectivity index (χ2v) is 9.24. The van der Waals surface area contributed by atoms with Gasteiger partial charge in [-0.3, -0.25) is 10.2 Å². The van der Waals surface area contributed by atoms with Crippen LogP contribution < -0.4 is 5.43 Å². The molecule has 0 radical (unpaired) electrons. The number of aryl methyl sites for hydroxylation is 1. The normalized spacial score (nSPS) is 15.2. The van der Waals surface area contributed by atoms with E-state index in [1.807, 2.05) is 37.1 Å². The zero-order valence-electron chi connectivity index (χ0n) is 18.5. The summed E-state index contributed by atoms with van der Waals surface area (Å²) in [6.45, 7) is 5.70. The Balaban J connectivity index is 1.75. The van der Waals surface area contributed by atoms with Crippen molar-refractivity contribution in [3.8, 4) is 16.9 Å². The van der Waals surface area contributed by atoms with E-state index in [9.17, 15) is 4.79 Å². The van der Waals surface area contributed by atoms with Gasteiger partial charge in [-0.15, -0.1) is 0 Å². The number of rotatable bonds is 4. The first kappa shape index (κ1) is 22.8. The Bertz CT molecular complexity index is 1100. The molecule has 7 heteroatoms. The smallest absolute Gasteiger partial charge is 0.283 e. The standard InChI is InChI=1S/C25H28Cl2N4O/c1-17-8-10-19(11-9-17)24-18(2)23(25(32)29-30-14-6-4-3-5-7-15-30)28-31(24)22-13-12-20(26)16-21(22)27/h8-13,16H,3-7,14-15H2,1-2H3,(H,29,32). The van der Waals surface area contributed by atoms with Crippen LogP contribution in [-0.4, -0.2) is 33.8 Å². The van der Waals surface area contributed by atoms with Crippen LogP contribution in [0.1, 0.15) is 53.7 Å². The molecule has 3 aromatic rings. The first-order valence-corrected chi connectivity index (χ1v) is 11.9. The summed E-state index contributed by atoms with van der Waals surface area (Å²) in [7, 11) is 0. The Labute approximate surface area is 199 Å². The van der Waals surface area contributed by atoms with E-state index < -0.39 is 0 Å². The third-order valence-electron chi connectivity index (χ3n) is 5.92. The highest BCUT2D eigenvalue weighted by Gasteiger charge is 2.24. The monoisotopic (exact) mass is 470 g/mol. The van der Waals surface area contributed by atoms with Crippen LogP contribution in [0.15, 0.2) is 42.5 Å². The Hall–Kier alpha value is -2.34. The Morgan fingerprint density at radius 3 is 2.25 bits per heavy atom. The largest absolute Gasteiger partial charge is 0.286 e. The molecule has 1 fully saturated rings. The molecule has 1 amide bonds. The molecule has 1 aromatic heterocycles. The molecule has 0 aliphatic carbocycles. The molecule has 2 aromatic carbocycles. The number of hydrazine groups is 1. The van der Waals surface area contributed by atoms with Gasteiger partial charge in [0, 0.05) is 29.2 Å². The number of aromatic nitrogens is 2. The predicted molar refractivity (Wildman–Crippen MR) is 131 cm³/mol. The molecule has 0 atom stereocenters. The van der Waals surface area contributed by atoms with E-state index in [4.69, 9.17) is 28.3 Å². The third kappa shape index (κ3) is 5.01. The number of carbonyl (C=O) groups excluding carboxylic acids is 1. The first-order chi connectivity index (χ1) is 15.4. The number of amides is 1. The lowest BCUT2D eigenvalue weighted by molar-refractivity contribution is 0.0766. The number of hydrogen-bond acceptors (Lipinski definition) is 3. The fourth-order valence-corrected chi connectivity index (χ4v) is 4.63. The van der Waals surface area contributed by atoms with E-state index in [1.54, 1.807) is 16.8 Å². The van der Waals surface area contributed by atoms with Gasteiger partial charge in [0.25, 0.3) is 5.91 Å². The molecule has 4 rings (SSSR count). The fourth-order valence-electron chi connectivity index (χ4n) is 4.15. The van der Waals surface area contributed by atoms with E-state index >= 15 is 0 Å². The number of carbonyl (C=O) groups is 1. The van der Waals surface area contributed by atoms with Crippen LogP contribution >= 0.6 is 23.2 Å². The Morgan fingerprint density at radius 2 is 1.59 bits per heavy atom. The van der Waals surface area contributed by atoms with Crippen LogP contribution in [0.5, 0.6) is 0 Å². The summed E-state index contributed by atoms with van der Waals surface area (Å²) < 4.78 is 1.75. The van der Waals surface area contributed by atoms with Gasteiger partial charge in [-0.25, -0.2) is 9.69 Å². The molecule has 168 valence electrons. The van der Waals surface area contributed by atoms with Crippen molar-refractivity contribution in [2.75, 3.05) is 13.1 Å². The minimum Gasteiger partial charge on any atom is -0.283 e. The molecule has 0 spiro atoms. The molecule has 0 bridgehead atoms. The zero-order valence-corrected chi connectivity index (χ0v) is 20.0. The summed E-state index contributed by atoms with van der Waals surface area (Å²) in [6.07, 6.45) is 5.85. The van der Waals surface area contributed by atoms with E-state index in [-0.39, 0.29) is 5.91 Å². The average Bonchev–Trinajstić information content (AvgIpc) is 3.07. The van der Waals surface area contributed by atoms with Gasteiger partial charge in [-0.2, -0.15) is 5.10 Å². The van der Waals surface area contributed by atoms with Crippen molar-refractivity contribution in [2.45, 2.75) is 46.0 Å². The maximum Gasteiger partial charge on any atom is 0.286 e. The molecule has 1 N–H and O–H groups in total. The van der Waals surface area contributed by atoms with Crippen molar-refractivity contribution in [1.29, 1.82) is 0 Å². The molecule has 1 aliphatic rings. The molecule has 0 saturated carbocycles. The summed E-state index contributed by atoms with van der Waals surface area (Å²) >= 11 is 12.6. The van der Waals surface area contributed by atoms with Crippen LogP contribution in [0.3, 0.4) is 0 Å². The van der Waals surface area contributed by atoms with Gasteiger partial charge in [0.2, 0.25) is 0 Å². The number of nitrogens with zero attached hydrogens (tertiary/aromatic N) is 3. The van der Waals surface area contributed by atoms with E-state index in [0.29, 0.717) is 21.4 Å². The van der Waals surface area contributed by atoms with Crippen molar-refractivity contribution in [3.63, 3.8) is 0 Å². The van der Waals surface area contributed by atoms with Gasteiger partial charge >= 0.3 is 0 Å². The summed E-state index contributed by atoms with van der Waals surface area (Å²) in [5.74, 6) is -0.194. The lowest BCUT2D eigenvalue weighted by Crippen LogP contribution is -2.44. The fraction of sp³-hybridized carbons (Fsp3) is 0.360. The van der Waals surface area contributed by atoms with Gasteiger partial charge in [0.1, 0.15) is 0 Å². The third-order valence-corrected chi connectivity index (χ3v) is 6.45. The predicted octanol–water partition coefficient (Wildman–Crippen LogP) is 6.37. The second-order valence-electron chi connectivity index (χ2n) is 8.39. The van der Waals surface area contributed by atoms with E-state index in [1.165, 1.54) is 19.3 Å². The van der Waals surface area contributed by atoms with Gasteiger partial charge in [-0.1, -0.05) is 72.3 Å². The van der Waals surface area contributed by atoms with Crippen molar-refractivity contribution in [1.82, 2.24) is 20.2 Å². The maximum absolute atomic E-state index is 13.3. The minimum absolute atomic E-state index is 0.194. The highest BCUT2D eigenvalue weighted by atomic mass is 35.5. The topological polar surface area (TPSA) is 50.2 Å². The summed E-state index contributed by atoms with van der Waals surface area (Å²) in [5.41, 5.74) is 7.94. The lowest BCUT2D eigenvalue weighted by atomic mass is 10.0. The van der Waals surface area contributed by atoms with E-state index in [2.05, 4.69) is 17.6 Å². The molecule has 5 nitrogen and oxygen atoms in total. The van der Waals surface area contributed by atoms with Crippen LogP contribution in [0, 0.1) is 13.8 Å². The van der Waals surface area contributed by atoms with Crippen LogP contribution in [0.2, 0.25) is 10.0 Å².